The van der Waals surface area contributed by atoms with Gasteiger partial charge in [-0.1, -0.05) is 0 Å². The summed E-state index contributed by atoms with van der Waals surface area (Å²) in [5, 5.41) is 43.0. The van der Waals surface area contributed by atoms with Gasteiger partial charge in [0.15, 0.2) is 0 Å². The van der Waals surface area contributed by atoms with Crippen molar-refractivity contribution < 1.29 is 44.3 Å². The van der Waals surface area contributed by atoms with Crippen molar-refractivity contribution in [3.8, 4) is 5.75 Å². The topological polar surface area (TPSA) is 184 Å². The first-order valence-corrected chi connectivity index (χ1v) is 11.5. The summed E-state index contributed by atoms with van der Waals surface area (Å²) in [5.74, 6) is -4.38. The zero-order valence-corrected chi connectivity index (χ0v) is 21.0. The van der Waals surface area contributed by atoms with E-state index in [-0.39, 0.29) is 39.3 Å². The quantitative estimate of drug-likeness (QED) is 0.217. The van der Waals surface area contributed by atoms with Crippen LogP contribution < -0.4 is 4.74 Å². The number of hydrazine groups is 1. The van der Waals surface area contributed by atoms with E-state index in [1.165, 1.54) is 22.0 Å². The summed E-state index contributed by atoms with van der Waals surface area (Å²) in [5.41, 5.74) is 0.823. The molecule has 1 aliphatic rings. The molecule has 1 atom stereocenters. The molecule has 0 saturated carbocycles. The lowest BCUT2D eigenvalue weighted by Gasteiger charge is -2.43. The van der Waals surface area contributed by atoms with Gasteiger partial charge in [-0.05, 0) is 30.4 Å². The Morgan fingerprint density at radius 2 is 1.49 bits per heavy atom. The summed E-state index contributed by atoms with van der Waals surface area (Å²) in [4.78, 5) is 53.7. The number of hydrogen-bond acceptors (Lipinski definition) is 11. The van der Waals surface area contributed by atoms with Gasteiger partial charge in [-0.2, -0.15) is 4.99 Å². The second kappa shape index (κ2) is 14.3. The fourth-order valence-electron chi connectivity index (χ4n) is 4.13. The van der Waals surface area contributed by atoms with E-state index in [2.05, 4.69) is 10.2 Å². The Bertz CT molecular complexity index is 1050. The van der Waals surface area contributed by atoms with Crippen LogP contribution in [0, 0.1) is 0 Å². The number of aliphatic carboxylic acids is 4. The number of aliphatic imine (C=N–C) groups is 1. The molecule has 1 aromatic rings. The monoisotopic (exact) mass is 539 g/mol. The highest BCUT2D eigenvalue weighted by Gasteiger charge is 2.34. The van der Waals surface area contributed by atoms with Gasteiger partial charge in [-0.25, -0.2) is 10.0 Å². The summed E-state index contributed by atoms with van der Waals surface area (Å²) in [6.07, 6.45) is 0. The summed E-state index contributed by atoms with van der Waals surface area (Å²) in [6.45, 7) is -1.57. The Labute approximate surface area is 217 Å². The molecule has 1 aromatic carbocycles. The summed E-state index contributed by atoms with van der Waals surface area (Å²) >= 11 is 4.69. The van der Waals surface area contributed by atoms with Crippen molar-refractivity contribution in [2.45, 2.75) is 6.04 Å². The van der Waals surface area contributed by atoms with Crippen molar-refractivity contribution in [3.63, 3.8) is 0 Å². The van der Waals surface area contributed by atoms with Crippen molar-refractivity contribution in [1.82, 2.24) is 19.8 Å². The Balaban J connectivity index is 2.70. The van der Waals surface area contributed by atoms with Crippen LogP contribution in [0.25, 0.3) is 0 Å². The second-order valence-corrected chi connectivity index (χ2v) is 8.40. The van der Waals surface area contributed by atoms with Gasteiger partial charge in [-0.3, -0.25) is 29.0 Å². The number of carbonyl (C=O) groups is 4. The Kier molecular flexibility index (Phi) is 11.5. The highest BCUT2D eigenvalue weighted by molar-refractivity contribution is 7.78. The van der Waals surface area contributed by atoms with Gasteiger partial charge in [0.05, 0.1) is 37.1 Å². The number of isothiocyanates is 1. The number of hydrogen-bond donors (Lipinski definition) is 4. The van der Waals surface area contributed by atoms with E-state index >= 15 is 0 Å². The van der Waals surface area contributed by atoms with E-state index in [0.717, 1.165) is 0 Å². The highest BCUT2D eigenvalue weighted by atomic mass is 32.1. The van der Waals surface area contributed by atoms with Gasteiger partial charge in [0.1, 0.15) is 18.8 Å². The Morgan fingerprint density at radius 3 is 2.05 bits per heavy atom. The third-order valence-electron chi connectivity index (χ3n) is 5.64. The van der Waals surface area contributed by atoms with Gasteiger partial charge >= 0.3 is 23.9 Å². The van der Waals surface area contributed by atoms with Crippen LogP contribution in [0.15, 0.2) is 23.2 Å². The molecular weight excluding hydrogens is 510 g/mol. The summed E-state index contributed by atoms with van der Waals surface area (Å²) in [6, 6.07) is 3.92. The minimum atomic E-state index is -1.25. The van der Waals surface area contributed by atoms with Crippen LogP contribution in [0.1, 0.15) is 11.6 Å². The number of benzene rings is 1. The molecule has 1 aliphatic heterocycles. The van der Waals surface area contributed by atoms with E-state index in [1.807, 2.05) is 0 Å². The SMILES string of the molecule is COc1ccc(N=C=S)cc1C1CN(CC(=O)O)CCN(CC(=O)O)CCN(CC(=O)O)N1CC(=O)O. The number of ether oxygens (including phenoxy) is 1. The molecule has 0 aromatic heterocycles. The lowest BCUT2D eigenvalue weighted by Crippen LogP contribution is -2.56. The molecule has 14 nitrogen and oxygen atoms in total. The number of thiocarbonyl (C=S) groups is 1. The van der Waals surface area contributed by atoms with Crippen molar-refractivity contribution in [3.05, 3.63) is 23.8 Å². The van der Waals surface area contributed by atoms with Crippen LogP contribution >= 0.6 is 12.2 Å². The molecule has 1 heterocycles. The zero-order chi connectivity index (χ0) is 27.5. The number of carboxylic acid groups (broad SMARTS) is 4. The molecule has 1 saturated heterocycles. The normalized spacial score (nSPS) is 18.5. The molecule has 15 heteroatoms. The molecule has 37 heavy (non-hydrogen) atoms. The predicted molar refractivity (Wildman–Crippen MR) is 132 cm³/mol. The number of nitrogens with zero attached hydrogens (tertiary/aromatic N) is 5. The van der Waals surface area contributed by atoms with Gasteiger partial charge in [-0.15, -0.1) is 0 Å². The predicted octanol–water partition coefficient (Wildman–Crippen LogP) is -0.0544. The van der Waals surface area contributed by atoms with Crippen LogP contribution in [0.3, 0.4) is 0 Å². The average Bonchev–Trinajstić information content (AvgIpc) is 2.80. The molecule has 1 unspecified atom stereocenters. The minimum Gasteiger partial charge on any atom is -0.496 e. The molecule has 0 spiro atoms. The summed E-state index contributed by atoms with van der Waals surface area (Å²) in [7, 11) is 1.41. The van der Waals surface area contributed by atoms with E-state index in [4.69, 9.17) is 17.0 Å². The molecule has 0 aliphatic carbocycles. The third-order valence-corrected chi connectivity index (χ3v) is 5.73. The second-order valence-electron chi connectivity index (χ2n) is 8.22. The molecule has 1 fully saturated rings. The van der Waals surface area contributed by atoms with Gasteiger partial charge in [0, 0.05) is 38.3 Å². The van der Waals surface area contributed by atoms with Crippen LogP contribution in [0.2, 0.25) is 0 Å². The molecular formula is C22H29N5O9S. The number of methoxy groups -OCH3 is 1. The van der Waals surface area contributed by atoms with Crippen molar-refractivity contribution >= 4 is 46.9 Å². The molecule has 0 amide bonds. The van der Waals surface area contributed by atoms with Crippen molar-refractivity contribution in [1.29, 1.82) is 0 Å². The van der Waals surface area contributed by atoms with Crippen LogP contribution in [0.4, 0.5) is 5.69 Å². The maximum absolute atomic E-state index is 11.9. The van der Waals surface area contributed by atoms with E-state index in [0.29, 0.717) is 17.0 Å². The van der Waals surface area contributed by atoms with Gasteiger partial charge in [0.25, 0.3) is 0 Å². The standard InChI is InChI=1S/C22H29N5O9S/c1-36-18-3-2-15(23-14-37)8-16(18)17-9-25(11-20(30)31)5-4-24(10-19(28)29)6-7-26(12-21(32)33)27(17)13-22(34)35/h2-3,8,17H,4-7,9-13H2,1H3,(H,28,29)(H,30,31)(H,32,33)(H,34,35). The van der Waals surface area contributed by atoms with Gasteiger partial charge in [0.2, 0.25) is 0 Å². The molecule has 2 rings (SSSR count). The van der Waals surface area contributed by atoms with Gasteiger partial charge < -0.3 is 25.2 Å². The van der Waals surface area contributed by atoms with E-state index in [9.17, 15) is 39.6 Å². The Hall–Kier alpha value is -3.46. The molecule has 0 radical (unpaired) electrons. The first-order valence-electron chi connectivity index (χ1n) is 11.1. The largest absolute Gasteiger partial charge is 0.496 e. The molecule has 4 N–H and O–H groups in total. The minimum absolute atomic E-state index is 0.00237. The maximum atomic E-state index is 11.9. The van der Waals surface area contributed by atoms with Crippen molar-refractivity contribution in [2.24, 2.45) is 4.99 Å². The highest BCUT2D eigenvalue weighted by Crippen LogP contribution is 2.34. The maximum Gasteiger partial charge on any atom is 0.319 e. The fourth-order valence-corrected chi connectivity index (χ4v) is 4.23. The molecule has 202 valence electrons. The average molecular weight is 540 g/mol. The lowest BCUT2D eigenvalue weighted by molar-refractivity contribution is -0.159. The van der Waals surface area contributed by atoms with E-state index < -0.39 is 49.6 Å². The van der Waals surface area contributed by atoms with E-state index in [1.54, 1.807) is 23.1 Å². The third kappa shape index (κ3) is 9.49. The number of carboxylic acids is 4. The Morgan fingerprint density at radius 1 is 0.919 bits per heavy atom. The number of rotatable bonds is 11. The van der Waals surface area contributed by atoms with Crippen LogP contribution in [-0.4, -0.2) is 135 Å². The first kappa shape index (κ1) is 29.8. The van der Waals surface area contributed by atoms with Crippen LogP contribution in [0.5, 0.6) is 5.75 Å². The smallest absolute Gasteiger partial charge is 0.319 e. The van der Waals surface area contributed by atoms with Crippen LogP contribution in [-0.2, 0) is 19.2 Å². The zero-order valence-electron chi connectivity index (χ0n) is 20.1. The van der Waals surface area contributed by atoms with Crippen molar-refractivity contribution in [2.75, 3.05) is 66.0 Å². The fraction of sp³-hybridized carbons (Fsp3) is 0.500. The molecule has 0 bridgehead atoms. The summed E-state index contributed by atoms with van der Waals surface area (Å²) < 4.78 is 5.50. The first-order chi connectivity index (χ1) is 17.5. The lowest BCUT2D eigenvalue weighted by atomic mass is 10.0.